The van der Waals surface area contributed by atoms with Gasteiger partial charge in [0.05, 0.1) is 0 Å². The van der Waals surface area contributed by atoms with E-state index in [1.165, 1.54) is 16.7 Å². The molecule has 1 atom stereocenters. The van der Waals surface area contributed by atoms with Gasteiger partial charge in [0.25, 0.3) is 11.5 Å². The summed E-state index contributed by atoms with van der Waals surface area (Å²) in [5.41, 5.74) is 0.779. The number of piperidine rings is 1. The van der Waals surface area contributed by atoms with Gasteiger partial charge in [-0.3, -0.25) is 18.9 Å². The van der Waals surface area contributed by atoms with Crippen molar-refractivity contribution in [2.24, 2.45) is 0 Å². The van der Waals surface area contributed by atoms with Crippen molar-refractivity contribution in [3.05, 3.63) is 82.2 Å². The Balaban J connectivity index is 1.45. The van der Waals surface area contributed by atoms with E-state index >= 15 is 0 Å². The summed E-state index contributed by atoms with van der Waals surface area (Å²) in [6.07, 6.45) is 4.64. The van der Waals surface area contributed by atoms with Crippen molar-refractivity contribution in [2.75, 3.05) is 13.1 Å². The van der Waals surface area contributed by atoms with Crippen LogP contribution in [0.3, 0.4) is 0 Å². The summed E-state index contributed by atoms with van der Waals surface area (Å²) >= 11 is 0. The standard InChI is InChI=1S/C21H21FN4O2/c22-18-8-2-1-6-15(18)13-25-10-5-7-16(14-25)24-20(27)17-12-23-19-9-3-4-11-26(19)21(17)28/h1-4,6,8-9,11-12,16H,5,7,10,13-14H2,(H,24,27). The Labute approximate surface area is 161 Å². The lowest BCUT2D eigenvalue weighted by Gasteiger charge is -2.33. The summed E-state index contributed by atoms with van der Waals surface area (Å²) < 4.78 is 15.3. The zero-order chi connectivity index (χ0) is 19.5. The second kappa shape index (κ2) is 7.90. The average Bonchev–Trinajstić information content (AvgIpc) is 2.70. The third kappa shape index (κ3) is 3.80. The van der Waals surface area contributed by atoms with Crippen LogP contribution in [0.1, 0.15) is 28.8 Å². The van der Waals surface area contributed by atoms with E-state index in [4.69, 9.17) is 0 Å². The van der Waals surface area contributed by atoms with E-state index in [1.54, 1.807) is 36.5 Å². The lowest BCUT2D eigenvalue weighted by molar-refractivity contribution is 0.0898. The second-order valence-electron chi connectivity index (χ2n) is 7.05. The molecular weight excluding hydrogens is 359 g/mol. The van der Waals surface area contributed by atoms with Gasteiger partial charge in [0.1, 0.15) is 17.0 Å². The van der Waals surface area contributed by atoms with Crippen LogP contribution in [0.4, 0.5) is 4.39 Å². The van der Waals surface area contributed by atoms with Crippen molar-refractivity contribution in [1.29, 1.82) is 0 Å². The minimum atomic E-state index is -0.423. The average molecular weight is 380 g/mol. The Morgan fingerprint density at radius 1 is 1.21 bits per heavy atom. The quantitative estimate of drug-likeness (QED) is 0.754. The first-order chi connectivity index (χ1) is 13.6. The molecule has 1 saturated heterocycles. The maximum Gasteiger partial charge on any atom is 0.270 e. The lowest BCUT2D eigenvalue weighted by atomic mass is 10.0. The number of nitrogens with zero attached hydrogens (tertiary/aromatic N) is 3. The fraction of sp³-hybridized carbons (Fsp3) is 0.286. The highest BCUT2D eigenvalue weighted by Gasteiger charge is 2.24. The Bertz CT molecular complexity index is 1070. The van der Waals surface area contributed by atoms with E-state index in [0.717, 1.165) is 19.4 Å². The summed E-state index contributed by atoms with van der Waals surface area (Å²) in [5.74, 6) is -0.641. The summed E-state index contributed by atoms with van der Waals surface area (Å²) in [6, 6.07) is 11.9. The summed E-state index contributed by atoms with van der Waals surface area (Å²) in [7, 11) is 0. The van der Waals surface area contributed by atoms with Crippen LogP contribution in [0.25, 0.3) is 5.65 Å². The van der Waals surface area contributed by atoms with Gasteiger partial charge in [-0.25, -0.2) is 9.37 Å². The molecule has 4 rings (SSSR count). The number of nitrogens with one attached hydrogen (secondary N) is 1. The van der Waals surface area contributed by atoms with E-state index in [1.807, 2.05) is 6.07 Å². The third-order valence-electron chi connectivity index (χ3n) is 5.05. The number of fused-ring (bicyclic) bond motifs is 1. The van der Waals surface area contributed by atoms with Crippen LogP contribution in [-0.4, -0.2) is 39.3 Å². The van der Waals surface area contributed by atoms with Crippen molar-refractivity contribution in [2.45, 2.75) is 25.4 Å². The van der Waals surface area contributed by atoms with Crippen LogP contribution in [0, 0.1) is 5.82 Å². The van der Waals surface area contributed by atoms with Gasteiger partial charge >= 0.3 is 0 Å². The molecule has 0 saturated carbocycles. The molecule has 1 N–H and O–H groups in total. The molecule has 7 heteroatoms. The molecule has 1 fully saturated rings. The molecule has 0 radical (unpaired) electrons. The fourth-order valence-corrected chi connectivity index (χ4v) is 3.63. The molecule has 2 aromatic heterocycles. The fourth-order valence-electron chi connectivity index (χ4n) is 3.63. The van der Waals surface area contributed by atoms with E-state index < -0.39 is 5.91 Å². The SMILES string of the molecule is O=C(NC1CCCN(Cc2ccccc2F)C1)c1cnc2ccccn2c1=O. The van der Waals surface area contributed by atoms with Crippen molar-refractivity contribution < 1.29 is 9.18 Å². The number of hydrogen-bond acceptors (Lipinski definition) is 4. The highest BCUT2D eigenvalue weighted by Crippen LogP contribution is 2.16. The van der Waals surface area contributed by atoms with Crippen LogP contribution in [0.15, 0.2) is 59.7 Å². The number of likely N-dealkylation sites (tertiary alicyclic amines) is 1. The third-order valence-corrected chi connectivity index (χ3v) is 5.05. The van der Waals surface area contributed by atoms with Crippen molar-refractivity contribution >= 4 is 11.6 Å². The van der Waals surface area contributed by atoms with Crippen LogP contribution < -0.4 is 10.9 Å². The van der Waals surface area contributed by atoms with Crippen molar-refractivity contribution in [1.82, 2.24) is 19.6 Å². The first-order valence-corrected chi connectivity index (χ1v) is 9.35. The molecule has 28 heavy (non-hydrogen) atoms. The number of benzene rings is 1. The highest BCUT2D eigenvalue weighted by atomic mass is 19.1. The number of amides is 1. The van der Waals surface area contributed by atoms with Crippen LogP contribution in [0.5, 0.6) is 0 Å². The zero-order valence-electron chi connectivity index (χ0n) is 15.3. The Morgan fingerprint density at radius 3 is 2.89 bits per heavy atom. The maximum absolute atomic E-state index is 13.9. The first kappa shape index (κ1) is 18.3. The topological polar surface area (TPSA) is 66.7 Å². The number of aromatic nitrogens is 2. The number of hydrogen-bond donors (Lipinski definition) is 1. The molecule has 3 heterocycles. The van der Waals surface area contributed by atoms with Gasteiger partial charge in [-0.1, -0.05) is 24.3 Å². The molecule has 1 aromatic carbocycles. The molecule has 1 unspecified atom stereocenters. The minimum absolute atomic E-state index is 0.0231. The molecule has 6 nitrogen and oxygen atoms in total. The molecule has 0 bridgehead atoms. The predicted octanol–water partition coefficient (Wildman–Crippen LogP) is 2.23. The van der Waals surface area contributed by atoms with Gasteiger partial charge in [-0.2, -0.15) is 0 Å². The zero-order valence-corrected chi connectivity index (χ0v) is 15.3. The Hall–Kier alpha value is -3.06. The summed E-state index contributed by atoms with van der Waals surface area (Å²) in [5, 5.41) is 2.94. The highest BCUT2D eigenvalue weighted by molar-refractivity contribution is 5.93. The van der Waals surface area contributed by atoms with E-state index in [2.05, 4.69) is 15.2 Å². The van der Waals surface area contributed by atoms with Gasteiger partial charge < -0.3 is 5.32 Å². The van der Waals surface area contributed by atoms with Crippen molar-refractivity contribution in [3.63, 3.8) is 0 Å². The number of rotatable bonds is 4. The number of carbonyl (C=O) groups excluding carboxylic acids is 1. The van der Waals surface area contributed by atoms with Crippen LogP contribution in [-0.2, 0) is 6.54 Å². The number of halogens is 1. The van der Waals surface area contributed by atoms with Gasteiger partial charge in [0.2, 0.25) is 0 Å². The largest absolute Gasteiger partial charge is 0.348 e. The van der Waals surface area contributed by atoms with E-state index in [9.17, 15) is 14.0 Å². The molecule has 1 aliphatic heterocycles. The van der Waals surface area contributed by atoms with Gasteiger partial charge in [-0.15, -0.1) is 0 Å². The summed E-state index contributed by atoms with van der Waals surface area (Å²) in [6.45, 7) is 1.96. The molecule has 144 valence electrons. The van der Waals surface area contributed by atoms with Crippen LogP contribution in [0.2, 0.25) is 0 Å². The van der Waals surface area contributed by atoms with Gasteiger partial charge in [0.15, 0.2) is 0 Å². The minimum Gasteiger partial charge on any atom is -0.348 e. The number of pyridine rings is 1. The lowest BCUT2D eigenvalue weighted by Crippen LogP contribution is -2.48. The monoisotopic (exact) mass is 380 g/mol. The molecule has 3 aromatic rings. The van der Waals surface area contributed by atoms with Crippen molar-refractivity contribution in [3.8, 4) is 0 Å². The molecule has 1 aliphatic rings. The smallest absolute Gasteiger partial charge is 0.270 e. The molecular formula is C21H21FN4O2. The Morgan fingerprint density at radius 2 is 2.04 bits per heavy atom. The molecule has 0 aliphatic carbocycles. The normalized spacial score (nSPS) is 17.5. The van der Waals surface area contributed by atoms with Crippen LogP contribution >= 0.6 is 0 Å². The molecule has 0 spiro atoms. The van der Waals surface area contributed by atoms with E-state index in [-0.39, 0.29) is 23.0 Å². The van der Waals surface area contributed by atoms with Gasteiger partial charge in [-0.05, 0) is 37.6 Å². The molecule has 1 amide bonds. The predicted molar refractivity (Wildman–Crippen MR) is 104 cm³/mol. The summed E-state index contributed by atoms with van der Waals surface area (Å²) in [4.78, 5) is 31.5. The second-order valence-corrected chi connectivity index (χ2v) is 7.05. The van der Waals surface area contributed by atoms with Gasteiger partial charge in [0, 0.05) is 37.1 Å². The number of carbonyl (C=O) groups is 1. The maximum atomic E-state index is 13.9. The Kier molecular flexibility index (Phi) is 5.16. The van der Waals surface area contributed by atoms with E-state index in [0.29, 0.717) is 24.3 Å². The first-order valence-electron chi connectivity index (χ1n) is 9.35.